The van der Waals surface area contributed by atoms with Gasteiger partial charge < -0.3 is 14.8 Å². The molecule has 0 radical (unpaired) electrons. The van der Waals surface area contributed by atoms with E-state index in [9.17, 15) is 4.79 Å². The largest absolute Gasteiger partial charge is 0.351 e. The lowest BCUT2D eigenvalue weighted by atomic mass is 9.79. The van der Waals surface area contributed by atoms with Crippen molar-refractivity contribution in [2.75, 3.05) is 32.7 Å². The molecule has 5 heteroatoms. The number of nitrogens with zero attached hydrogens (tertiary/aromatic N) is 3. The number of likely N-dealkylation sites (tertiary alicyclic amines) is 1. The number of benzene rings is 1. The highest BCUT2D eigenvalue weighted by molar-refractivity contribution is 5.85. The van der Waals surface area contributed by atoms with E-state index >= 15 is 0 Å². The van der Waals surface area contributed by atoms with Crippen LogP contribution in [0.3, 0.4) is 0 Å². The minimum atomic E-state index is 0.112. The summed E-state index contributed by atoms with van der Waals surface area (Å²) in [6, 6.07) is 10.1. The Kier molecular flexibility index (Phi) is 8.70. The summed E-state index contributed by atoms with van der Waals surface area (Å²) in [6.45, 7) is 14.3. The van der Waals surface area contributed by atoms with Gasteiger partial charge in [-0.05, 0) is 75.1 Å². The van der Waals surface area contributed by atoms with Crippen LogP contribution in [0.25, 0.3) is 10.9 Å². The average molecular weight is 467 g/mol. The van der Waals surface area contributed by atoms with E-state index in [2.05, 4.69) is 77.8 Å². The topological polar surface area (TPSA) is 40.5 Å². The molecule has 2 aromatic rings. The summed E-state index contributed by atoms with van der Waals surface area (Å²) < 4.78 is 2.51. The Labute approximate surface area is 206 Å². The Morgan fingerprint density at radius 3 is 2.32 bits per heavy atom. The van der Waals surface area contributed by atoms with Crippen molar-refractivity contribution in [1.82, 2.24) is 19.7 Å². The third-order valence-corrected chi connectivity index (χ3v) is 8.65. The maximum Gasteiger partial charge on any atom is 0.234 e. The maximum absolute atomic E-state index is 12.5. The first kappa shape index (κ1) is 25.2. The fraction of sp³-hybridized carbons (Fsp3) is 0.690. The number of carbonyl (C=O) groups excluding carboxylic acids is 1. The van der Waals surface area contributed by atoms with E-state index in [4.69, 9.17) is 0 Å². The van der Waals surface area contributed by atoms with Crippen LogP contribution in [0.15, 0.2) is 30.5 Å². The highest BCUT2D eigenvalue weighted by atomic mass is 16.2. The molecule has 1 aromatic carbocycles. The Bertz CT molecular complexity index is 915. The second-order valence-corrected chi connectivity index (χ2v) is 10.9. The molecule has 2 aliphatic rings. The van der Waals surface area contributed by atoms with Crippen LogP contribution in [0.1, 0.15) is 77.8 Å². The summed E-state index contributed by atoms with van der Waals surface area (Å²) in [6.07, 6.45) is 10.3. The van der Waals surface area contributed by atoms with Gasteiger partial charge in [-0.3, -0.25) is 9.69 Å². The normalized spacial score (nSPS) is 22.6. The molecule has 0 spiro atoms. The molecule has 0 unspecified atom stereocenters. The lowest BCUT2D eigenvalue weighted by molar-refractivity contribution is -0.122. The van der Waals surface area contributed by atoms with E-state index < -0.39 is 0 Å². The molecule has 188 valence electrons. The second kappa shape index (κ2) is 11.7. The molecular weight excluding hydrogens is 420 g/mol. The number of nitrogens with one attached hydrogen (secondary N) is 1. The van der Waals surface area contributed by atoms with Crippen molar-refractivity contribution in [2.24, 2.45) is 11.8 Å². The first-order valence-corrected chi connectivity index (χ1v) is 13.8. The lowest BCUT2D eigenvalue weighted by Gasteiger charge is -2.42. The number of aromatic nitrogens is 1. The highest BCUT2D eigenvalue weighted by Crippen LogP contribution is 2.35. The van der Waals surface area contributed by atoms with Crippen LogP contribution in [0, 0.1) is 11.8 Å². The zero-order chi connectivity index (χ0) is 24.1. The molecule has 1 aliphatic carbocycles. The van der Waals surface area contributed by atoms with Gasteiger partial charge in [0.1, 0.15) is 0 Å². The minimum Gasteiger partial charge on any atom is -0.351 e. The standard InChI is InChI=1S/C29H46N4O/c1-5-31(6-2)21-29(34)30-19-24-20-33(28-10-8-7-9-27(24)28)26-15-17-32(18-16-26)25-13-11-23(12-14-25)22(3)4/h7-10,20,22-23,25-26H,5-6,11-19,21H2,1-4H3,(H,30,34). The minimum absolute atomic E-state index is 0.112. The monoisotopic (exact) mass is 466 g/mol. The molecule has 1 amide bonds. The van der Waals surface area contributed by atoms with E-state index in [1.807, 2.05) is 0 Å². The van der Waals surface area contributed by atoms with Crippen molar-refractivity contribution in [3.63, 3.8) is 0 Å². The number of amides is 1. The zero-order valence-corrected chi connectivity index (χ0v) is 21.9. The van der Waals surface area contributed by atoms with Crippen LogP contribution in [0.4, 0.5) is 0 Å². The highest BCUT2D eigenvalue weighted by Gasteiger charge is 2.30. The van der Waals surface area contributed by atoms with Gasteiger partial charge >= 0.3 is 0 Å². The van der Waals surface area contributed by atoms with Gasteiger partial charge in [0.2, 0.25) is 5.91 Å². The van der Waals surface area contributed by atoms with Crippen molar-refractivity contribution in [2.45, 2.75) is 84.8 Å². The van der Waals surface area contributed by atoms with Crippen LogP contribution >= 0.6 is 0 Å². The molecule has 1 saturated carbocycles. The Hall–Kier alpha value is -1.85. The first-order valence-electron chi connectivity index (χ1n) is 13.8. The first-order chi connectivity index (χ1) is 16.5. The van der Waals surface area contributed by atoms with Gasteiger partial charge in [-0.1, -0.05) is 45.9 Å². The predicted octanol–water partition coefficient (Wildman–Crippen LogP) is 5.45. The third kappa shape index (κ3) is 5.85. The molecule has 2 fully saturated rings. The summed E-state index contributed by atoms with van der Waals surface area (Å²) in [7, 11) is 0. The van der Waals surface area contributed by atoms with Crippen LogP contribution in [0.5, 0.6) is 0 Å². The van der Waals surface area contributed by atoms with Gasteiger partial charge in [0.25, 0.3) is 0 Å². The molecule has 0 atom stereocenters. The van der Waals surface area contributed by atoms with Gasteiger partial charge in [0, 0.05) is 48.8 Å². The van der Waals surface area contributed by atoms with Crippen molar-refractivity contribution >= 4 is 16.8 Å². The molecule has 34 heavy (non-hydrogen) atoms. The molecular formula is C29H46N4O. The fourth-order valence-electron chi connectivity index (χ4n) is 6.28. The smallest absolute Gasteiger partial charge is 0.234 e. The Morgan fingerprint density at radius 1 is 1.00 bits per heavy atom. The number of piperidine rings is 1. The molecule has 2 heterocycles. The van der Waals surface area contributed by atoms with Crippen molar-refractivity contribution in [1.29, 1.82) is 0 Å². The summed E-state index contributed by atoms with van der Waals surface area (Å²) in [5, 5.41) is 4.44. The van der Waals surface area contributed by atoms with E-state index in [1.165, 1.54) is 68.1 Å². The van der Waals surface area contributed by atoms with Crippen LogP contribution in [-0.2, 0) is 11.3 Å². The van der Waals surface area contributed by atoms with E-state index in [0.29, 0.717) is 19.1 Å². The van der Waals surface area contributed by atoms with Gasteiger partial charge in [-0.2, -0.15) is 0 Å². The van der Waals surface area contributed by atoms with Gasteiger partial charge in [-0.25, -0.2) is 0 Å². The molecule has 1 aromatic heterocycles. The van der Waals surface area contributed by atoms with E-state index in [-0.39, 0.29) is 5.91 Å². The van der Waals surface area contributed by atoms with Crippen molar-refractivity contribution in [3.05, 3.63) is 36.0 Å². The maximum atomic E-state index is 12.5. The number of hydrogen-bond acceptors (Lipinski definition) is 3. The third-order valence-electron chi connectivity index (χ3n) is 8.65. The van der Waals surface area contributed by atoms with Gasteiger partial charge in [0.15, 0.2) is 0 Å². The quantitative estimate of drug-likeness (QED) is 0.534. The van der Waals surface area contributed by atoms with E-state index in [0.717, 1.165) is 31.0 Å². The number of para-hydroxylation sites is 1. The predicted molar refractivity (Wildman–Crippen MR) is 142 cm³/mol. The Morgan fingerprint density at radius 2 is 1.68 bits per heavy atom. The molecule has 0 bridgehead atoms. The van der Waals surface area contributed by atoms with Crippen molar-refractivity contribution < 1.29 is 4.79 Å². The molecule has 1 N–H and O–H groups in total. The second-order valence-electron chi connectivity index (χ2n) is 10.9. The van der Waals surface area contributed by atoms with Crippen molar-refractivity contribution in [3.8, 4) is 0 Å². The molecule has 1 aliphatic heterocycles. The molecule has 1 saturated heterocycles. The number of likely N-dealkylation sites (N-methyl/N-ethyl adjacent to an activating group) is 1. The number of hydrogen-bond donors (Lipinski definition) is 1. The fourth-order valence-corrected chi connectivity index (χ4v) is 6.28. The number of fused-ring (bicyclic) bond motifs is 1. The van der Waals surface area contributed by atoms with Crippen LogP contribution < -0.4 is 5.32 Å². The summed E-state index contributed by atoms with van der Waals surface area (Å²) >= 11 is 0. The average Bonchev–Trinajstić information content (AvgIpc) is 3.25. The number of rotatable bonds is 9. The van der Waals surface area contributed by atoms with Gasteiger partial charge in [-0.15, -0.1) is 0 Å². The summed E-state index contributed by atoms with van der Waals surface area (Å²) in [5.74, 6) is 1.89. The molecule has 5 nitrogen and oxygen atoms in total. The van der Waals surface area contributed by atoms with E-state index in [1.54, 1.807) is 0 Å². The summed E-state index contributed by atoms with van der Waals surface area (Å²) in [4.78, 5) is 17.4. The summed E-state index contributed by atoms with van der Waals surface area (Å²) in [5.41, 5.74) is 2.55. The number of carbonyl (C=O) groups is 1. The SMILES string of the molecule is CCN(CC)CC(=O)NCc1cn(C2CCN(C3CCC(C(C)C)CC3)CC2)c2ccccc12. The zero-order valence-electron chi connectivity index (χ0n) is 21.9. The van der Waals surface area contributed by atoms with Gasteiger partial charge in [0.05, 0.1) is 6.54 Å². The lowest BCUT2D eigenvalue weighted by Crippen LogP contribution is -2.43. The van der Waals surface area contributed by atoms with Crippen LogP contribution in [0.2, 0.25) is 0 Å². The molecule has 4 rings (SSSR count). The Balaban J connectivity index is 1.37. The van der Waals surface area contributed by atoms with Crippen LogP contribution in [-0.4, -0.2) is 59.0 Å².